The average Bonchev–Trinajstić information content (AvgIpc) is 3.69. The van der Waals surface area contributed by atoms with Crippen molar-refractivity contribution in [1.29, 1.82) is 0 Å². The number of phenolic OH excluding ortho intramolecular Hbond substituents is 1. The Kier molecular flexibility index (Phi) is 9.74. The third-order valence-electron chi connectivity index (χ3n) is 13.0. The van der Waals surface area contributed by atoms with Crippen molar-refractivity contribution in [1.82, 2.24) is 9.97 Å². The number of aromatic nitrogens is 2. The molecule has 2 aliphatic rings. The maximum absolute atomic E-state index is 12.1. The molecular formula is C58H60N3OPt-. The number of aromatic hydroxyl groups is 1. The van der Waals surface area contributed by atoms with Gasteiger partial charge in [0, 0.05) is 42.1 Å². The molecule has 4 nitrogen and oxygen atoms in total. The summed E-state index contributed by atoms with van der Waals surface area (Å²) < 4.78 is 24.2. The molecule has 0 atom stereocenters. The minimum Gasteiger partial charge on any atom is -0.507 e. The molecule has 0 unspecified atom stereocenters. The van der Waals surface area contributed by atoms with Crippen LogP contribution >= 0.6 is 0 Å². The van der Waals surface area contributed by atoms with Gasteiger partial charge in [-0.2, -0.15) is 0 Å². The van der Waals surface area contributed by atoms with Gasteiger partial charge in [-0.25, -0.2) is 4.98 Å². The van der Waals surface area contributed by atoms with Gasteiger partial charge in [0.05, 0.1) is 11.1 Å². The molecule has 0 fully saturated rings. The minimum atomic E-state index is -2.35. The standard InChI is InChI=1S/C58H60N3O.Pt/c1-35-17-14-21-49(59-35)36-18-15-19-41(29-36)61(42-31-39(56(8,9)10)30-40(32-42)57(11,12)13)51-28-27-46-53(60-51)52-45(20-16-22-50(52)62)58(46)47-33-37(54(2,3)4)23-25-43(47)44-26-24-38(34-48(44)58)55(5,6)7;/h14-28,30-34,62H,1-13H3;/q-1;/i1D3;. The predicted molar refractivity (Wildman–Crippen MR) is 258 cm³/mol. The quantitative estimate of drug-likeness (QED) is 0.179. The van der Waals surface area contributed by atoms with Crippen LogP contribution in [0.15, 0.2) is 121 Å². The number of hydrogen-bond acceptors (Lipinski definition) is 4. The Morgan fingerprint density at radius 1 is 0.556 bits per heavy atom. The first kappa shape index (κ1) is 40.5. The third kappa shape index (κ3) is 7.37. The molecular weight excluding hydrogens is 950 g/mol. The number of pyridine rings is 2. The second-order valence-corrected chi connectivity index (χ2v) is 21.5. The Morgan fingerprint density at radius 2 is 1.13 bits per heavy atom. The molecule has 63 heavy (non-hydrogen) atoms. The van der Waals surface area contributed by atoms with Crippen molar-refractivity contribution >= 4 is 17.2 Å². The summed E-state index contributed by atoms with van der Waals surface area (Å²) in [6, 6.07) is 45.7. The van der Waals surface area contributed by atoms with Crippen molar-refractivity contribution in [2.45, 2.75) is 117 Å². The van der Waals surface area contributed by atoms with Crippen LogP contribution in [0.25, 0.3) is 33.6 Å². The SMILES string of the molecule is [2H]C([2H])([2H])c1cccc(-c2[c-]c(N(c3cc(C(C)(C)C)cc(C(C)(C)C)c3)c3ccc4c(n3)-c3c(O)cccc3C43c4cc(C(C)(C)C)ccc4-c4ccc(C(C)(C)C)cc43)ccc2)n1.[Pt]. The van der Waals surface area contributed by atoms with Gasteiger partial charge in [-0.05, 0) is 126 Å². The molecule has 7 aromatic rings. The van der Waals surface area contributed by atoms with E-state index in [0.29, 0.717) is 22.8 Å². The number of fused-ring (bicyclic) bond motifs is 10. The van der Waals surface area contributed by atoms with E-state index in [-0.39, 0.29) is 54.2 Å². The fourth-order valence-electron chi connectivity index (χ4n) is 9.47. The van der Waals surface area contributed by atoms with Crippen LogP contribution in [0.4, 0.5) is 17.2 Å². The van der Waals surface area contributed by atoms with Gasteiger partial charge in [-0.15, -0.1) is 29.8 Å². The number of phenols is 1. The topological polar surface area (TPSA) is 49.2 Å². The van der Waals surface area contributed by atoms with Crippen LogP contribution in [0, 0.1) is 12.9 Å². The van der Waals surface area contributed by atoms with Crippen LogP contribution in [-0.2, 0) is 48.1 Å². The number of rotatable bonds is 4. The predicted octanol–water partition coefficient (Wildman–Crippen LogP) is 15.0. The largest absolute Gasteiger partial charge is 0.507 e. The molecule has 5 heteroatoms. The molecule has 9 rings (SSSR count). The first-order valence-corrected chi connectivity index (χ1v) is 21.9. The van der Waals surface area contributed by atoms with E-state index in [0.717, 1.165) is 28.1 Å². The van der Waals surface area contributed by atoms with Gasteiger partial charge < -0.3 is 15.0 Å². The molecule has 0 saturated heterocycles. The number of anilines is 3. The number of aryl methyl sites for hydroxylation is 1. The smallest absolute Gasteiger partial charge is 0.136 e. The van der Waals surface area contributed by atoms with Gasteiger partial charge in [0.1, 0.15) is 11.6 Å². The van der Waals surface area contributed by atoms with E-state index in [1.807, 2.05) is 30.3 Å². The van der Waals surface area contributed by atoms with Crippen molar-refractivity contribution in [3.05, 3.63) is 178 Å². The molecule has 0 radical (unpaired) electrons. The maximum atomic E-state index is 12.1. The summed E-state index contributed by atoms with van der Waals surface area (Å²) in [5.74, 6) is 0.841. The Balaban J connectivity index is 0.00000592. The normalized spacial score (nSPS) is 14.8. The fourth-order valence-corrected chi connectivity index (χ4v) is 9.47. The van der Waals surface area contributed by atoms with Crippen LogP contribution in [-0.4, -0.2) is 15.1 Å². The molecule has 5 aromatic carbocycles. The monoisotopic (exact) mass is 1010 g/mol. The van der Waals surface area contributed by atoms with Crippen molar-refractivity contribution < 1.29 is 30.3 Å². The molecule has 0 amide bonds. The van der Waals surface area contributed by atoms with E-state index in [4.69, 9.17) is 9.10 Å². The summed E-state index contributed by atoms with van der Waals surface area (Å²) >= 11 is 0. The van der Waals surface area contributed by atoms with E-state index < -0.39 is 12.3 Å². The summed E-state index contributed by atoms with van der Waals surface area (Å²) in [5, 5.41) is 12.1. The van der Waals surface area contributed by atoms with Crippen molar-refractivity contribution in [2.24, 2.45) is 0 Å². The second kappa shape index (κ2) is 15.2. The summed E-state index contributed by atoms with van der Waals surface area (Å²) in [6.07, 6.45) is 0. The van der Waals surface area contributed by atoms with Crippen LogP contribution < -0.4 is 4.90 Å². The molecule has 0 aliphatic heterocycles. The van der Waals surface area contributed by atoms with Crippen molar-refractivity contribution in [2.75, 3.05) is 4.90 Å². The van der Waals surface area contributed by atoms with Crippen LogP contribution in [0.3, 0.4) is 0 Å². The maximum Gasteiger partial charge on any atom is 0.136 e. The van der Waals surface area contributed by atoms with Crippen molar-refractivity contribution in [3.8, 4) is 39.4 Å². The van der Waals surface area contributed by atoms with Gasteiger partial charge in [0.2, 0.25) is 0 Å². The molecule has 2 heterocycles. The van der Waals surface area contributed by atoms with Gasteiger partial charge >= 0.3 is 0 Å². The first-order chi connectivity index (χ1) is 30.3. The van der Waals surface area contributed by atoms with Crippen LogP contribution in [0.2, 0.25) is 0 Å². The van der Waals surface area contributed by atoms with Gasteiger partial charge in [0.25, 0.3) is 0 Å². The van der Waals surface area contributed by atoms with Gasteiger partial charge in [-0.3, -0.25) is 0 Å². The second-order valence-electron chi connectivity index (χ2n) is 21.5. The summed E-state index contributed by atoms with van der Waals surface area (Å²) in [6.45, 7) is 24.6. The summed E-state index contributed by atoms with van der Waals surface area (Å²) in [5.41, 5.74) is 14.7. The first-order valence-electron chi connectivity index (χ1n) is 23.4. The zero-order chi connectivity index (χ0) is 46.8. The molecule has 0 saturated carbocycles. The fraction of sp³-hybridized carbons (Fsp3) is 0.310. The molecule has 1 N–H and O–H groups in total. The molecule has 1 spiro atoms. The van der Waals surface area contributed by atoms with E-state index in [2.05, 4.69) is 172 Å². The van der Waals surface area contributed by atoms with Gasteiger partial charge in [0.15, 0.2) is 0 Å². The van der Waals surface area contributed by atoms with E-state index in [1.54, 1.807) is 18.2 Å². The zero-order valence-electron chi connectivity index (χ0n) is 41.7. The number of hydrogen-bond donors (Lipinski definition) is 1. The summed E-state index contributed by atoms with van der Waals surface area (Å²) in [4.78, 5) is 12.5. The Labute approximate surface area is 394 Å². The van der Waals surface area contributed by atoms with Crippen LogP contribution in [0.5, 0.6) is 5.75 Å². The van der Waals surface area contributed by atoms with Crippen LogP contribution in [0.1, 0.15) is 137 Å². The zero-order valence-corrected chi connectivity index (χ0v) is 40.9. The average molecular weight is 1010 g/mol. The number of nitrogens with zero attached hydrogens (tertiary/aromatic N) is 3. The van der Waals surface area contributed by atoms with Crippen molar-refractivity contribution in [3.63, 3.8) is 0 Å². The minimum absolute atomic E-state index is 0. The molecule has 0 bridgehead atoms. The molecule has 324 valence electrons. The molecule has 2 aromatic heterocycles. The van der Waals surface area contributed by atoms with E-state index in [1.165, 1.54) is 44.5 Å². The van der Waals surface area contributed by atoms with E-state index in [9.17, 15) is 5.11 Å². The Bertz CT molecular complexity index is 2950. The Morgan fingerprint density at radius 3 is 1.70 bits per heavy atom. The molecule has 2 aliphatic carbocycles. The van der Waals surface area contributed by atoms with E-state index >= 15 is 0 Å². The summed E-state index contributed by atoms with van der Waals surface area (Å²) in [7, 11) is 0. The van der Waals surface area contributed by atoms with Gasteiger partial charge in [-0.1, -0.05) is 156 Å². The number of benzene rings is 5. The third-order valence-corrected chi connectivity index (χ3v) is 13.0. The Hall–Kier alpha value is -5.31.